The monoisotopic (exact) mass is 240 g/mol. The summed E-state index contributed by atoms with van der Waals surface area (Å²) in [6.45, 7) is 7.20. The second-order valence-electron chi connectivity index (χ2n) is 5.54. The molecule has 2 saturated heterocycles. The van der Waals surface area contributed by atoms with Gasteiger partial charge in [-0.3, -0.25) is 9.80 Å². The van der Waals surface area contributed by atoms with Crippen LogP contribution in [0.25, 0.3) is 0 Å². The minimum absolute atomic E-state index is 0.818. The van der Waals surface area contributed by atoms with Crippen molar-refractivity contribution in [3.05, 3.63) is 0 Å². The van der Waals surface area contributed by atoms with Crippen molar-refractivity contribution in [3.63, 3.8) is 0 Å². The van der Waals surface area contributed by atoms with Crippen molar-refractivity contribution in [2.24, 2.45) is 0 Å². The van der Waals surface area contributed by atoms with Gasteiger partial charge in [0.15, 0.2) is 0 Å². The van der Waals surface area contributed by atoms with E-state index in [0.717, 1.165) is 19.2 Å². The third-order valence-electron chi connectivity index (χ3n) is 4.25. The highest BCUT2D eigenvalue weighted by Crippen LogP contribution is 2.19. The summed E-state index contributed by atoms with van der Waals surface area (Å²) in [5.41, 5.74) is 0. The molecule has 0 aromatic rings. The molecule has 0 aromatic carbocycles. The summed E-state index contributed by atoms with van der Waals surface area (Å²) in [5.74, 6) is 0. The van der Waals surface area contributed by atoms with Crippen molar-refractivity contribution in [1.82, 2.24) is 9.80 Å². The molecule has 0 aromatic heterocycles. The Hall–Kier alpha value is -0.120. The van der Waals surface area contributed by atoms with Gasteiger partial charge in [-0.05, 0) is 45.3 Å². The van der Waals surface area contributed by atoms with Crippen molar-refractivity contribution in [2.75, 3.05) is 46.4 Å². The van der Waals surface area contributed by atoms with Crippen molar-refractivity contribution in [3.8, 4) is 0 Å². The van der Waals surface area contributed by atoms with E-state index in [9.17, 15) is 0 Å². The van der Waals surface area contributed by atoms with E-state index in [0.29, 0.717) is 0 Å². The maximum absolute atomic E-state index is 5.19. The zero-order valence-electron chi connectivity index (χ0n) is 11.4. The molecule has 2 rings (SSSR count). The van der Waals surface area contributed by atoms with E-state index in [-0.39, 0.29) is 0 Å². The minimum Gasteiger partial charge on any atom is -0.383 e. The molecular formula is C14H28N2O. The first-order chi connectivity index (χ1) is 8.40. The van der Waals surface area contributed by atoms with Gasteiger partial charge in [0, 0.05) is 26.2 Å². The van der Waals surface area contributed by atoms with Gasteiger partial charge >= 0.3 is 0 Å². The number of likely N-dealkylation sites (tertiary alicyclic amines) is 2. The van der Waals surface area contributed by atoms with E-state index in [1.54, 1.807) is 7.11 Å². The van der Waals surface area contributed by atoms with Crippen molar-refractivity contribution in [2.45, 2.75) is 44.6 Å². The zero-order valence-corrected chi connectivity index (χ0v) is 11.4. The second-order valence-corrected chi connectivity index (χ2v) is 5.54. The summed E-state index contributed by atoms with van der Waals surface area (Å²) >= 11 is 0. The molecule has 2 aliphatic heterocycles. The Morgan fingerprint density at radius 2 is 1.76 bits per heavy atom. The van der Waals surface area contributed by atoms with E-state index >= 15 is 0 Å². The van der Waals surface area contributed by atoms with Crippen LogP contribution in [0.4, 0.5) is 0 Å². The fourth-order valence-electron chi connectivity index (χ4n) is 3.21. The van der Waals surface area contributed by atoms with Gasteiger partial charge in [-0.2, -0.15) is 0 Å². The van der Waals surface area contributed by atoms with Crippen LogP contribution < -0.4 is 0 Å². The molecule has 2 heterocycles. The molecule has 2 aliphatic rings. The van der Waals surface area contributed by atoms with Gasteiger partial charge in [-0.25, -0.2) is 0 Å². The Morgan fingerprint density at radius 3 is 2.47 bits per heavy atom. The lowest BCUT2D eigenvalue weighted by Crippen LogP contribution is -2.48. The molecule has 3 nitrogen and oxygen atoms in total. The lowest BCUT2D eigenvalue weighted by Gasteiger charge is -2.39. The van der Waals surface area contributed by atoms with E-state index in [4.69, 9.17) is 4.74 Å². The maximum atomic E-state index is 5.19. The molecular weight excluding hydrogens is 212 g/mol. The Bertz CT molecular complexity index is 202. The van der Waals surface area contributed by atoms with Gasteiger partial charge in [-0.15, -0.1) is 0 Å². The van der Waals surface area contributed by atoms with Crippen molar-refractivity contribution in [1.29, 1.82) is 0 Å². The topological polar surface area (TPSA) is 15.7 Å². The molecule has 2 fully saturated rings. The zero-order chi connectivity index (χ0) is 11.9. The summed E-state index contributed by atoms with van der Waals surface area (Å²) in [5, 5.41) is 0. The van der Waals surface area contributed by atoms with Crippen molar-refractivity contribution < 1.29 is 4.74 Å². The third kappa shape index (κ3) is 4.23. The van der Waals surface area contributed by atoms with Crippen molar-refractivity contribution >= 4 is 0 Å². The molecule has 0 aliphatic carbocycles. The standard InChI is InChI=1S/C14H28N2O/c1-17-12-11-15-8-6-7-14(13-15)16-9-4-2-3-5-10-16/h14H,2-13H2,1H3. The second kappa shape index (κ2) is 7.34. The third-order valence-corrected chi connectivity index (χ3v) is 4.25. The number of ether oxygens (including phenoxy) is 1. The van der Waals surface area contributed by atoms with Crippen LogP contribution in [0.3, 0.4) is 0 Å². The largest absolute Gasteiger partial charge is 0.383 e. The van der Waals surface area contributed by atoms with Crippen LogP contribution in [-0.2, 0) is 4.74 Å². The Labute approximate surface area is 106 Å². The highest BCUT2D eigenvalue weighted by molar-refractivity contribution is 4.81. The lowest BCUT2D eigenvalue weighted by molar-refractivity contribution is 0.0775. The predicted molar refractivity (Wildman–Crippen MR) is 71.4 cm³/mol. The lowest BCUT2D eigenvalue weighted by atomic mass is 10.0. The number of rotatable bonds is 4. The Kier molecular flexibility index (Phi) is 5.75. The summed E-state index contributed by atoms with van der Waals surface area (Å²) in [4.78, 5) is 5.34. The molecule has 1 unspecified atom stereocenters. The first-order valence-corrected chi connectivity index (χ1v) is 7.35. The normalized spacial score (nSPS) is 29.1. The quantitative estimate of drug-likeness (QED) is 0.747. The van der Waals surface area contributed by atoms with Crippen LogP contribution in [0, 0.1) is 0 Å². The Balaban J connectivity index is 1.78. The molecule has 0 spiro atoms. The van der Waals surface area contributed by atoms with Gasteiger partial charge < -0.3 is 4.74 Å². The van der Waals surface area contributed by atoms with Gasteiger partial charge in [0.05, 0.1) is 6.61 Å². The molecule has 0 amide bonds. The average Bonchev–Trinajstić information content (AvgIpc) is 2.65. The predicted octanol–water partition coefficient (Wildman–Crippen LogP) is 1.97. The van der Waals surface area contributed by atoms with Crippen LogP contribution in [0.1, 0.15) is 38.5 Å². The number of hydrogen-bond acceptors (Lipinski definition) is 3. The molecule has 0 saturated carbocycles. The van der Waals surface area contributed by atoms with Gasteiger partial charge in [0.2, 0.25) is 0 Å². The summed E-state index contributed by atoms with van der Waals surface area (Å²) in [6, 6.07) is 0.818. The van der Waals surface area contributed by atoms with Crippen LogP contribution in [0.15, 0.2) is 0 Å². The van der Waals surface area contributed by atoms with Gasteiger partial charge in [0.1, 0.15) is 0 Å². The SMILES string of the molecule is COCCN1CCCC(N2CCCCCC2)C1. The molecule has 1 atom stereocenters. The van der Waals surface area contributed by atoms with Gasteiger partial charge in [-0.1, -0.05) is 12.8 Å². The number of nitrogens with zero attached hydrogens (tertiary/aromatic N) is 2. The smallest absolute Gasteiger partial charge is 0.0589 e. The highest BCUT2D eigenvalue weighted by atomic mass is 16.5. The molecule has 0 radical (unpaired) electrons. The van der Waals surface area contributed by atoms with Crippen LogP contribution in [0.5, 0.6) is 0 Å². The van der Waals surface area contributed by atoms with Gasteiger partial charge in [0.25, 0.3) is 0 Å². The van der Waals surface area contributed by atoms with Crippen LogP contribution in [-0.4, -0.2) is 62.3 Å². The molecule has 3 heteroatoms. The molecule has 0 bridgehead atoms. The number of methoxy groups -OCH3 is 1. The summed E-state index contributed by atoms with van der Waals surface area (Å²) in [7, 11) is 1.80. The first kappa shape index (κ1) is 13.3. The highest BCUT2D eigenvalue weighted by Gasteiger charge is 2.25. The molecule has 100 valence electrons. The molecule has 17 heavy (non-hydrogen) atoms. The van der Waals surface area contributed by atoms with E-state index in [1.807, 2.05) is 0 Å². The number of piperidine rings is 1. The van der Waals surface area contributed by atoms with E-state index in [2.05, 4.69) is 9.80 Å². The van der Waals surface area contributed by atoms with Crippen LogP contribution in [0.2, 0.25) is 0 Å². The minimum atomic E-state index is 0.818. The Morgan fingerprint density at radius 1 is 1.00 bits per heavy atom. The maximum Gasteiger partial charge on any atom is 0.0589 e. The summed E-state index contributed by atoms with van der Waals surface area (Å²) in [6.07, 6.45) is 8.48. The average molecular weight is 240 g/mol. The summed E-state index contributed by atoms with van der Waals surface area (Å²) < 4.78 is 5.19. The van der Waals surface area contributed by atoms with E-state index in [1.165, 1.54) is 64.7 Å². The number of hydrogen-bond donors (Lipinski definition) is 0. The fraction of sp³-hybridized carbons (Fsp3) is 1.00. The van der Waals surface area contributed by atoms with Crippen LogP contribution >= 0.6 is 0 Å². The van der Waals surface area contributed by atoms with E-state index < -0.39 is 0 Å². The molecule has 0 N–H and O–H groups in total. The first-order valence-electron chi connectivity index (χ1n) is 7.35. The fourth-order valence-corrected chi connectivity index (χ4v) is 3.21.